The zero-order valence-electron chi connectivity index (χ0n) is 9.60. The molecule has 1 aromatic heterocycles. The minimum absolute atomic E-state index is 0.241. The number of aromatic nitrogens is 1. The van der Waals surface area contributed by atoms with Crippen LogP contribution in [-0.2, 0) is 6.42 Å². The van der Waals surface area contributed by atoms with Crippen molar-refractivity contribution in [2.24, 2.45) is 0 Å². The maximum atomic E-state index is 9.87. The van der Waals surface area contributed by atoms with Gasteiger partial charge in [0.15, 0.2) is 0 Å². The van der Waals surface area contributed by atoms with Gasteiger partial charge in [-0.1, -0.05) is 17.3 Å². The third-order valence-corrected chi connectivity index (χ3v) is 3.32. The summed E-state index contributed by atoms with van der Waals surface area (Å²) in [6.07, 6.45) is 1.93. The zero-order valence-corrected chi connectivity index (χ0v) is 9.60. The highest BCUT2D eigenvalue weighted by Gasteiger charge is 2.30. The van der Waals surface area contributed by atoms with E-state index in [2.05, 4.69) is 10.5 Å². The van der Waals surface area contributed by atoms with Crippen LogP contribution in [0.1, 0.15) is 23.8 Å². The van der Waals surface area contributed by atoms with E-state index < -0.39 is 0 Å². The predicted octanol–water partition coefficient (Wildman–Crippen LogP) is 2.25. The maximum absolute atomic E-state index is 9.87. The fraction of sp³-hybridized carbons (Fsp3) is 0.308. The van der Waals surface area contributed by atoms with Crippen molar-refractivity contribution in [3.05, 3.63) is 35.6 Å². The molecule has 0 aliphatic heterocycles. The molecule has 1 aliphatic rings. The van der Waals surface area contributed by atoms with E-state index in [4.69, 9.17) is 4.52 Å². The van der Waals surface area contributed by atoms with Crippen LogP contribution >= 0.6 is 0 Å². The van der Waals surface area contributed by atoms with Crippen molar-refractivity contribution >= 4 is 0 Å². The van der Waals surface area contributed by atoms with Gasteiger partial charge in [0.1, 0.15) is 17.2 Å². The van der Waals surface area contributed by atoms with E-state index in [1.54, 1.807) is 12.1 Å². The molecule has 2 aromatic rings. The van der Waals surface area contributed by atoms with Crippen LogP contribution in [0.2, 0.25) is 0 Å². The first-order chi connectivity index (χ1) is 8.31. The molecule has 1 unspecified atom stereocenters. The molecule has 17 heavy (non-hydrogen) atoms. The Kier molecular flexibility index (Phi) is 2.37. The molecule has 0 radical (unpaired) electrons. The largest absolute Gasteiger partial charge is 0.507 e. The van der Waals surface area contributed by atoms with Crippen molar-refractivity contribution in [1.29, 1.82) is 0 Å². The van der Waals surface area contributed by atoms with Crippen LogP contribution in [0.25, 0.3) is 11.3 Å². The molecule has 3 rings (SSSR count). The summed E-state index contributed by atoms with van der Waals surface area (Å²) in [6, 6.07) is 7.48. The first kappa shape index (κ1) is 10.4. The standard InChI is InChI=1S/C13H14N2O2/c1-14-9-6-7-11-12(9)13(15-17-11)8-4-2-3-5-10(8)16/h2-5,9,14,16H,6-7H2,1H3. The molecule has 88 valence electrons. The van der Waals surface area contributed by atoms with E-state index in [1.165, 1.54) is 0 Å². The van der Waals surface area contributed by atoms with Gasteiger partial charge in [0, 0.05) is 23.6 Å². The van der Waals surface area contributed by atoms with E-state index >= 15 is 0 Å². The van der Waals surface area contributed by atoms with Crippen LogP contribution in [0, 0.1) is 0 Å². The van der Waals surface area contributed by atoms with Crippen LogP contribution in [0.4, 0.5) is 0 Å². The summed E-state index contributed by atoms with van der Waals surface area (Å²) in [7, 11) is 1.93. The number of nitrogens with one attached hydrogen (secondary N) is 1. The van der Waals surface area contributed by atoms with E-state index in [0.29, 0.717) is 0 Å². The number of aromatic hydroxyl groups is 1. The lowest BCUT2D eigenvalue weighted by Crippen LogP contribution is -2.13. The minimum atomic E-state index is 0.241. The number of phenols is 1. The van der Waals surface area contributed by atoms with Crippen molar-refractivity contribution in [3.8, 4) is 17.0 Å². The number of hydrogen-bond acceptors (Lipinski definition) is 4. The minimum Gasteiger partial charge on any atom is -0.507 e. The summed E-state index contributed by atoms with van der Waals surface area (Å²) in [4.78, 5) is 0. The van der Waals surface area contributed by atoms with Gasteiger partial charge in [0.05, 0.1) is 0 Å². The van der Waals surface area contributed by atoms with Crippen LogP contribution in [0.3, 0.4) is 0 Å². The molecule has 4 heteroatoms. The summed E-state index contributed by atoms with van der Waals surface area (Å²) in [5.41, 5.74) is 2.59. The van der Waals surface area contributed by atoms with Crippen molar-refractivity contribution in [2.45, 2.75) is 18.9 Å². The summed E-state index contributed by atoms with van der Waals surface area (Å²) < 4.78 is 5.35. The Morgan fingerprint density at radius 2 is 2.24 bits per heavy atom. The van der Waals surface area contributed by atoms with Gasteiger partial charge in [-0.15, -0.1) is 0 Å². The van der Waals surface area contributed by atoms with Crippen LogP contribution in [0.5, 0.6) is 5.75 Å². The van der Waals surface area contributed by atoms with Gasteiger partial charge in [-0.2, -0.15) is 0 Å². The molecule has 2 N–H and O–H groups in total. The molecular formula is C13H14N2O2. The van der Waals surface area contributed by atoms with Crippen LogP contribution < -0.4 is 5.32 Å². The smallest absolute Gasteiger partial charge is 0.142 e. The Morgan fingerprint density at radius 1 is 1.41 bits per heavy atom. The maximum Gasteiger partial charge on any atom is 0.142 e. The van der Waals surface area contributed by atoms with Crippen LogP contribution in [0.15, 0.2) is 28.8 Å². The number of aryl methyl sites for hydroxylation is 1. The molecule has 1 heterocycles. The number of hydrogen-bond donors (Lipinski definition) is 2. The molecule has 0 saturated carbocycles. The number of fused-ring (bicyclic) bond motifs is 1. The molecule has 0 spiro atoms. The van der Waals surface area contributed by atoms with Gasteiger partial charge in [0.25, 0.3) is 0 Å². The van der Waals surface area contributed by atoms with E-state index in [9.17, 15) is 5.11 Å². The third-order valence-electron chi connectivity index (χ3n) is 3.32. The van der Waals surface area contributed by atoms with Crippen LogP contribution in [-0.4, -0.2) is 17.3 Å². The third kappa shape index (κ3) is 1.52. The average Bonchev–Trinajstić information content (AvgIpc) is 2.91. The monoisotopic (exact) mass is 230 g/mol. The van der Waals surface area contributed by atoms with Gasteiger partial charge in [-0.05, 0) is 25.6 Å². The molecule has 0 saturated heterocycles. The highest BCUT2D eigenvalue weighted by molar-refractivity contribution is 5.70. The molecule has 0 fully saturated rings. The molecule has 1 aromatic carbocycles. The van der Waals surface area contributed by atoms with E-state index in [-0.39, 0.29) is 11.8 Å². The second-order valence-electron chi connectivity index (χ2n) is 4.27. The van der Waals surface area contributed by atoms with Gasteiger partial charge in [0.2, 0.25) is 0 Å². The number of nitrogens with zero attached hydrogens (tertiary/aromatic N) is 1. The van der Waals surface area contributed by atoms with E-state index in [1.807, 2.05) is 19.2 Å². The quantitative estimate of drug-likeness (QED) is 0.830. The predicted molar refractivity (Wildman–Crippen MR) is 63.7 cm³/mol. The first-order valence-electron chi connectivity index (χ1n) is 5.75. The summed E-state index contributed by atoms with van der Waals surface area (Å²) >= 11 is 0. The van der Waals surface area contributed by atoms with E-state index in [0.717, 1.165) is 35.4 Å². The first-order valence-corrected chi connectivity index (χ1v) is 5.75. The van der Waals surface area contributed by atoms with Crippen molar-refractivity contribution < 1.29 is 9.63 Å². The number of para-hydroxylation sites is 1. The molecule has 1 aliphatic carbocycles. The lowest BCUT2D eigenvalue weighted by atomic mass is 10.0. The molecule has 0 bridgehead atoms. The normalized spacial score (nSPS) is 18.3. The van der Waals surface area contributed by atoms with Gasteiger partial charge in [-0.3, -0.25) is 0 Å². The fourth-order valence-corrected chi connectivity index (χ4v) is 2.45. The SMILES string of the molecule is CNC1CCc2onc(-c3ccccc3O)c21. The summed E-state index contributed by atoms with van der Waals surface area (Å²) in [6.45, 7) is 0. The zero-order chi connectivity index (χ0) is 11.8. The Hall–Kier alpha value is -1.81. The Balaban J connectivity index is 2.15. The van der Waals surface area contributed by atoms with Crippen molar-refractivity contribution in [2.75, 3.05) is 7.05 Å². The Morgan fingerprint density at radius 3 is 3.00 bits per heavy atom. The summed E-state index contributed by atoms with van der Waals surface area (Å²) in [5, 5.41) is 17.2. The highest BCUT2D eigenvalue weighted by Crippen LogP contribution is 2.40. The number of benzene rings is 1. The highest BCUT2D eigenvalue weighted by atomic mass is 16.5. The van der Waals surface area contributed by atoms with Crippen molar-refractivity contribution in [1.82, 2.24) is 10.5 Å². The second-order valence-corrected chi connectivity index (χ2v) is 4.27. The fourth-order valence-electron chi connectivity index (χ4n) is 2.45. The molecule has 0 amide bonds. The topological polar surface area (TPSA) is 58.3 Å². The lowest BCUT2D eigenvalue weighted by Gasteiger charge is -2.09. The van der Waals surface area contributed by atoms with Gasteiger partial charge < -0.3 is 14.9 Å². The Labute approximate surface area is 99.3 Å². The lowest BCUT2D eigenvalue weighted by molar-refractivity contribution is 0.386. The van der Waals surface area contributed by atoms with Gasteiger partial charge >= 0.3 is 0 Å². The Bertz CT molecular complexity index is 548. The molecule has 1 atom stereocenters. The summed E-state index contributed by atoms with van der Waals surface area (Å²) in [5.74, 6) is 1.17. The average molecular weight is 230 g/mol. The second kappa shape index (κ2) is 3.89. The number of rotatable bonds is 2. The van der Waals surface area contributed by atoms with Crippen molar-refractivity contribution in [3.63, 3.8) is 0 Å². The molecular weight excluding hydrogens is 216 g/mol. The molecule has 4 nitrogen and oxygen atoms in total. The number of phenolic OH excluding ortho intramolecular Hbond substituents is 1. The van der Waals surface area contributed by atoms with Gasteiger partial charge in [-0.25, -0.2) is 0 Å².